The number of H-pyrrole nitrogens is 1. The smallest absolute Gasteiger partial charge is 0.280 e. The second-order valence-electron chi connectivity index (χ2n) is 4.32. The number of rotatable bonds is 5. The normalized spacial score (nSPS) is 12.4. The molecule has 10 heteroatoms. The van der Waals surface area contributed by atoms with Gasteiger partial charge in [-0.15, -0.1) is 0 Å². The van der Waals surface area contributed by atoms with Crippen molar-refractivity contribution in [3.8, 4) is 0 Å². The van der Waals surface area contributed by atoms with Gasteiger partial charge < -0.3 is 20.5 Å². The average Bonchev–Trinajstić information content (AvgIpc) is 2.73. The van der Waals surface area contributed by atoms with Gasteiger partial charge in [-0.1, -0.05) is 0 Å². The molecule has 5 N–H and O–H groups in total. The van der Waals surface area contributed by atoms with E-state index in [-0.39, 0.29) is 17.1 Å². The van der Waals surface area contributed by atoms with Crippen LogP contribution >= 0.6 is 0 Å². The van der Waals surface area contributed by atoms with E-state index in [9.17, 15) is 13.6 Å². The van der Waals surface area contributed by atoms with Gasteiger partial charge in [-0.3, -0.25) is 9.78 Å². The fourth-order valence-electron chi connectivity index (χ4n) is 1.77. The van der Waals surface area contributed by atoms with E-state index >= 15 is 0 Å². The van der Waals surface area contributed by atoms with Gasteiger partial charge in [0.05, 0.1) is 32.0 Å². The van der Waals surface area contributed by atoms with Gasteiger partial charge in [-0.2, -0.15) is 4.98 Å². The number of imidazole rings is 1. The van der Waals surface area contributed by atoms with E-state index in [0.717, 1.165) is 10.9 Å². The molecule has 0 spiro atoms. The van der Waals surface area contributed by atoms with Gasteiger partial charge in [0.1, 0.15) is 0 Å². The van der Waals surface area contributed by atoms with Gasteiger partial charge in [0.15, 0.2) is 11.2 Å². The van der Waals surface area contributed by atoms with Crippen LogP contribution in [0.2, 0.25) is 0 Å². The van der Waals surface area contributed by atoms with Crippen molar-refractivity contribution in [1.29, 1.82) is 0 Å². The van der Waals surface area contributed by atoms with E-state index < -0.39 is 37.2 Å². The standard InChI is InChI=1S/C10H13F2N5O3/c11-10(12,5(1-18)2-19)3-17-4-14-6-7(17)15-9(13)16-8(6)20/h4-5,18-19H,1-3H2,(H3,13,15,16,20). The first kappa shape index (κ1) is 14.3. The third-order valence-corrected chi connectivity index (χ3v) is 2.91. The summed E-state index contributed by atoms with van der Waals surface area (Å²) in [4.78, 5) is 21.2. The van der Waals surface area contributed by atoms with Crippen LogP contribution in [0, 0.1) is 5.92 Å². The molecular weight excluding hydrogens is 276 g/mol. The van der Waals surface area contributed by atoms with E-state index in [1.54, 1.807) is 0 Å². The number of halogens is 2. The third-order valence-electron chi connectivity index (χ3n) is 2.91. The molecule has 0 bridgehead atoms. The summed E-state index contributed by atoms with van der Waals surface area (Å²) in [6, 6.07) is 0. The lowest BCUT2D eigenvalue weighted by atomic mass is 10.0. The molecule has 0 aliphatic heterocycles. The fourth-order valence-corrected chi connectivity index (χ4v) is 1.77. The van der Waals surface area contributed by atoms with Crippen molar-refractivity contribution in [3.63, 3.8) is 0 Å². The number of hydrogen-bond donors (Lipinski definition) is 4. The SMILES string of the molecule is Nc1nc2c(ncn2CC(F)(F)C(CO)CO)c(=O)[nH]1. The Bertz CT molecular complexity index is 664. The summed E-state index contributed by atoms with van der Waals surface area (Å²) >= 11 is 0. The van der Waals surface area contributed by atoms with Gasteiger partial charge in [-0.25, -0.2) is 13.8 Å². The molecule has 0 aliphatic rings. The number of nitrogens with two attached hydrogens (primary N) is 1. The number of fused-ring (bicyclic) bond motifs is 1. The minimum Gasteiger partial charge on any atom is -0.396 e. The van der Waals surface area contributed by atoms with Gasteiger partial charge in [0, 0.05) is 0 Å². The molecule has 0 saturated heterocycles. The van der Waals surface area contributed by atoms with Crippen LogP contribution in [0.3, 0.4) is 0 Å². The molecule has 0 atom stereocenters. The van der Waals surface area contributed by atoms with Crippen molar-refractivity contribution in [2.45, 2.75) is 12.5 Å². The van der Waals surface area contributed by atoms with Gasteiger partial charge in [0.25, 0.3) is 11.5 Å². The van der Waals surface area contributed by atoms with Crippen LogP contribution in [0.25, 0.3) is 11.2 Å². The Kier molecular flexibility index (Phi) is 3.68. The second kappa shape index (κ2) is 5.13. The minimum atomic E-state index is -3.39. The number of anilines is 1. The van der Waals surface area contributed by atoms with Crippen molar-refractivity contribution < 1.29 is 19.0 Å². The minimum absolute atomic E-state index is 0.0828. The van der Waals surface area contributed by atoms with Crippen molar-refractivity contribution in [2.75, 3.05) is 18.9 Å². The molecule has 0 saturated carbocycles. The zero-order chi connectivity index (χ0) is 14.9. The Morgan fingerprint density at radius 3 is 2.70 bits per heavy atom. The number of nitrogen functional groups attached to an aromatic ring is 1. The first-order chi connectivity index (χ1) is 9.39. The number of aliphatic hydroxyl groups is 2. The summed E-state index contributed by atoms with van der Waals surface area (Å²) in [5.74, 6) is -5.22. The van der Waals surface area contributed by atoms with Gasteiger partial charge in [-0.05, 0) is 0 Å². The Balaban J connectivity index is 2.42. The summed E-state index contributed by atoms with van der Waals surface area (Å²) in [5, 5.41) is 17.7. The lowest BCUT2D eigenvalue weighted by Crippen LogP contribution is -2.37. The average molecular weight is 289 g/mol. The second-order valence-corrected chi connectivity index (χ2v) is 4.32. The van der Waals surface area contributed by atoms with Crippen LogP contribution in [-0.2, 0) is 6.54 Å². The molecule has 0 amide bonds. The molecule has 2 aromatic rings. The van der Waals surface area contributed by atoms with Crippen molar-refractivity contribution in [3.05, 3.63) is 16.7 Å². The van der Waals surface area contributed by atoms with E-state index in [4.69, 9.17) is 15.9 Å². The predicted molar refractivity (Wildman–Crippen MR) is 65.2 cm³/mol. The molecule has 0 aromatic carbocycles. The molecule has 2 heterocycles. The summed E-state index contributed by atoms with van der Waals surface area (Å²) in [6.45, 7) is -2.62. The largest absolute Gasteiger partial charge is 0.396 e. The van der Waals surface area contributed by atoms with E-state index in [0.29, 0.717) is 0 Å². The fraction of sp³-hybridized carbons (Fsp3) is 0.500. The van der Waals surface area contributed by atoms with Gasteiger partial charge >= 0.3 is 0 Å². The Morgan fingerprint density at radius 1 is 1.45 bits per heavy atom. The number of nitrogens with one attached hydrogen (secondary N) is 1. The number of alkyl halides is 2. The molecular formula is C10H13F2N5O3. The molecule has 2 rings (SSSR count). The maximum Gasteiger partial charge on any atom is 0.280 e. The highest BCUT2D eigenvalue weighted by atomic mass is 19.3. The lowest BCUT2D eigenvalue weighted by Gasteiger charge is -2.23. The third kappa shape index (κ3) is 2.47. The molecule has 20 heavy (non-hydrogen) atoms. The quantitative estimate of drug-likeness (QED) is 0.555. The van der Waals surface area contributed by atoms with Crippen LogP contribution in [0.4, 0.5) is 14.7 Å². The summed E-state index contributed by atoms with van der Waals surface area (Å²) < 4.78 is 28.7. The van der Waals surface area contributed by atoms with E-state index in [1.807, 2.05) is 0 Å². The first-order valence-electron chi connectivity index (χ1n) is 5.69. The highest BCUT2D eigenvalue weighted by molar-refractivity contribution is 5.70. The zero-order valence-electron chi connectivity index (χ0n) is 10.3. The van der Waals surface area contributed by atoms with E-state index in [2.05, 4.69) is 15.0 Å². The zero-order valence-corrected chi connectivity index (χ0v) is 10.3. The Morgan fingerprint density at radius 2 is 2.10 bits per heavy atom. The van der Waals surface area contributed by atoms with Crippen molar-refractivity contribution in [1.82, 2.24) is 19.5 Å². The number of aromatic nitrogens is 4. The van der Waals surface area contributed by atoms with Crippen molar-refractivity contribution in [2.24, 2.45) is 5.92 Å². The van der Waals surface area contributed by atoms with E-state index in [1.165, 1.54) is 0 Å². The molecule has 0 unspecified atom stereocenters. The summed E-state index contributed by atoms with van der Waals surface area (Å²) in [7, 11) is 0. The van der Waals surface area contributed by atoms with Crippen molar-refractivity contribution >= 4 is 17.1 Å². The molecule has 110 valence electrons. The summed E-state index contributed by atoms with van der Waals surface area (Å²) in [5.41, 5.74) is 4.53. The van der Waals surface area contributed by atoms with Crippen LogP contribution in [0.5, 0.6) is 0 Å². The first-order valence-corrected chi connectivity index (χ1v) is 5.69. The van der Waals surface area contributed by atoms with Crippen LogP contribution in [-0.4, -0.2) is 48.9 Å². The number of aliphatic hydroxyl groups excluding tert-OH is 2. The Labute approximate surface area is 110 Å². The monoisotopic (exact) mass is 289 g/mol. The highest BCUT2D eigenvalue weighted by Crippen LogP contribution is 2.27. The maximum absolute atomic E-state index is 13.9. The topological polar surface area (TPSA) is 130 Å². The van der Waals surface area contributed by atoms with Crippen LogP contribution < -0.4 is 11.3 Å². The maximum atomic E-state index is 13.9. The predicted octanol–water partition coefficient (Wildman–Crippen LogP) is -1.06. The number of aromatic amines is 1. The molecule has 0 aliphatic carbocycles. The molecule has 8 nitrogen and oxygen atoms in total. The molecule has 0 fully saturated rings. The molecule has 2 aromatic heterocycles. The lowest BCUT2D eigenvalue weighted by molar-refractivity contribution is -0.104. The molecule has 0 radical (unpaired) electrons. The number of nitrogens with zero attached hydrogens (tertiary/aromatic N) is 3. The van der Waals surface area contributed by atoms with Gasteiger partial charge in [0.2, 0.25) is 5.95 Å². The highest BCUT2D eigenvalue weighted by Gasteiger charge is 2.39. The van der Waals surface area contributed by atoms with Crippen LogP contribution in [0.1, 0.15) is 0 Å². The summed E-state index contributed by atoms with van der Waals surface area (Å²) in [6.07, 6.45) is 1.03. The number of hydrogen-bond acceptors (Lipinski definition) is 6. The Hall–Kier alpha value is -2.07. The van der Waals surface area contributed by atoms with Crippen LogP contribution in [0.15, 0.2) is 11.1 Å².